The molecule has 0 fully saturated rings. The fraction of sp³-hybridized carbons (Fsp3) is 0.211. The number of hydrogen-bond donors (Lipinski definition) is 0. The lowest BCUT2D eigenvalue weighted by Gasteiger charge is -2.17. The highest BCUT2D eigenvalue weighted by atomic mass is 16.5. The lowest BCUT2D eigenvalue weighted by Crippen LogP contribution is -2.26. The van der Waals surface area contributed by atoms with Crippen LogP contribution in [0.15, 0.2) is 53.2 Å². The van der Waals surface area contributed by atoms with Crippen LogP contribution in [-0.4, -0.2) is 35.1 Å². The van der Waals surface area contributed by atoms with Crippen LogP contribution >= 0.6 is 0 Å². The summed E-state index contributed by atoms with van der Waals surface area (Å²) >= 11 is 0. The van der Waals surface area contributed by atoms with Crippen molar-refractivity contribution in [3.05, 3.63) is 65.7 Å². The Morgan fingerprint density at radius 1 is 1.24 bits per heavy atom. The molecule has 6 nitrogen and oxygen atoms in total. The van der Waals surface area contributed by atoms with Gasteiger partial charge < -0.3 is 14.2 Å². The van der Waals surface area contributed by atoms with E-state index in [4.69, 9.17) is 9.26 Å². The SMILES string of the molecule is COc1cnc(C)cc1C(=O)N(C)Cc1cc(-c2ccccc2)no1. The van der Waals surface area contributed by atoms with Crippen LogP contribution < -0.4 is 4.74 Å². The quantitative estimate of drug-likeness (QED) is 0.714. The molecule has 0 atom stereocenters. The maximum absolute atomic E-state index is 12.7. The first kappa shape index (κ1) is 16.7. The topological polar surface area (TPSA) is 68.5 Å². The lowest BCUT2D eigenvalue weighted by atomic mass is 10.1. The number of nitrogens with zero attached hydrogens (tertiary/aromatic N) is 3. The molecule has 0 unspecified atom stereocenters. The highest BCUT2D eigenvalue weighted by Gasteiger charge is 2.19. The third-order valence-corrected chi connectivity index (χ3v) is 3.82. The van der Waals surface area contributed by atoms with Crippen LogP contribution in [0.2, 0.25) is 0 Å². The maximum atomic E-state index is 12.7. The van der Waals surface area contributed by atoms with Crippen LogP contribution in [0.3, 0.4) is 0 Å². The van der Waals surface area contributed by atoms with Crippen molar-refractivity contribution in [1.82, 2.24) is 15.0 Å². The van der Waals surface area contributed by atoms with Gasteiger partial charge in [0.25, 0.3) is 5.91 Å². The molecule has 0 aliphatic heterocycles. The van der Waals surface area contributed by atoms with E-state index in [0.717, 1.165) is 17.0 Å². The summed E-state index contributed by atoms with van der Waals surface area (Å²) in [7, 11) is 3.23. The van der Waals surface area contributed by atoms with Crippen molar-refractivity contribution in [3.63, 3.8) is 0 Å². The van der Waals surface area contributed by atoms with Crippen LogP contribution in [0.1, 0.15) is 21.8 Å². The molecule has 0 N–H and O–H groups in total. The second-order valence-electron chi connectivity index (χ2n) is 5.73. The molecule has 6 heteroatoms. The summed E-state index contributed by atoms with van der Waals surface area (Å²) in [5.74, 6) is 0.893. The smallest absolute Gasteiger partial charge is 0.257 e. The molecule has 3 aromatic rings. The molecule has 0 spiro atoms. The van der Waals surface area contributed by atoms with Crippen molar-refractivity contribution < 1.29 is 14.1 Å². The van der Waals surface area contributed by atoms with Gasteiger partial charge >= 0.3 is 0 Å². The Balaban J connectivity index is 1.76. The van der Waals surface area contributed by atoms with Gasteiger partial charge in [-0.2, -0.15) is 0 Å². The number of aryl methyl sites for hydroxylation is 1. The molecule has 128 valence electrons. The molecule has 2 aromatic heterocycles. The Hall–Kier alpha value is -3.15. The molecule has 2 heterocycles. The van der Waals surface area contributed by atoms with Gasteiger partial charge in [0, 0.05) is 24.4 Å². The van der Waals surface area contributed by atoms with Crippen LogP contribution in [0.4, 0.5) is 0 Å². The zero-order chi connectivity index (χ0) is 17.8. The van der Waals surface area contributed by atoms with E-state index in [9.17, 15) is 4.79 Å². The number of methoxy groups -OCH3 is 1. The van der Waals surface area contributed by atoms with Crippen LogP contribution in [0.5, 0.6) is 5.75 Å². The Bertz CT molecular complexity index is 875. The number of carbonyl (C=O) groups is 1. The molecule has 1 aromatic carbocycles. The third kappa shape index (κ3) is 3.68. The van der Waals surface area contributed by atoms with Gasteiger partial charge in [-0.15, -0.1) is 0 Å². The van der Waals surface area contributed by atoms with E-state index in [0.29, 0.717) is 23.6 Å². The number of amides is 1. The molecule has 0 aliphatic rings. The van der Waals surface area contributed by atoms with E-state index < -0.39 is 0 Å². The van der Waals surface area contributed by atoms with Crippen molar-refractivity contribution in [1.29, 1.82) is 0 Å². The molecular formula is C19H19N3O3. The summed E-state index contributed by atoms with van der Waals surface area (Å²) in [5, 5.41) is 4.07. The minimum Gasteiger partial charge on any atom is -0.494 e. The normalized spacial score (nSPS) is 10.5. The largest absolute Gasteiger partial charge is 0.494 e. The zero-order valence-electron chi connectivity index (χ0n) is 14.4. The third-order valence-electron chi connectivity index (χ3n) is 3.82. The number of aromatic nitrogens is 2. The van der Waals surface area contributed by atoms with Gasteiger partial charge in [0.2, 0.25) is 0 Å². The number of rotatable bonds is 5. The van der Waals surface area contributed by atoms with E-state index in [2.05, 4.69) is 10.1 Å². The number of ether oxygens (including phenoxy) is 1. The minimum atomic E-state index is -0.167. The zero-order valence-corrected chi connectivity index (χ0v) is 14.4. The molecule has 3 rings (SSSR count). The van der Waals surface area contributed by atoms with Gasteiger partial charge in [0.1, 0.15) is 11.4 Å². The molecule has 0 saturated heterocycles. The van der Waals surface area contributed by atoms with E-state index in [1.165, 1.54) is 7.11 Å². The molecule has 0 bridgehead atoms. The number of hydrogen-bond acceptors (Lipinski definition) is 5. The highest BCUT2D eigenvalue weighted by Crippen LogP contribution is 2.22. The van der Waals surface area contributed by atoms with Gasteiger partial charge in [0.05, 0.1) is 25.4 Å². The van der Waals surface area contributed by atoms with E-state index >= 15 is 0 Å². The Labute approximate surface area is 146 Å². The minimum absolute atomic E-state index is 0.167. The van der Waals surface area contributed by atoms with E-state index in [1.807, 2.05) is 43.3 Å². The van der Waals surface area contributed by atoms with Gasteiger partial charge in [0.15, 0.2) is 5.76 Å². The Morgan fingerprint density at radius 2 is 2.00 bits per heavy atom. The van der Waals surface area contributed by atoms with Gasteiger partial charge in [-0.3, -0.25) is 9.78 Å². The molecule has 0 saturated carbocycles. The van der Waals surface area contributed by atoms with Crippen molar-refractivity contribution in [3.8, 4) is 17.0 Å². The van der Waals surface area contributed by atoms with Gasteiger partial charge in [-0.25, -0.2) is 0 Å². The fourth-order valence-electron chi connectivity index (χ4n) is 2.52. The van der Waals surface area contributed by atoms with E-state index in [1.54, 1.807) is 24.2 Å². The summed E-state index contributed by atoms with van der Waals surface area (Å²) in [6, 6.07) is 13.3. The summed E-state index contributed by atoms with van der Waals surface area (Å²) in [4.78, 5) is 18.4. The number of carbonyl (C=O) groups excluding carboxylic acids is 1. The van der Waals surface area contributed by atoms with Crippen LogP contribution in [-0.2, 0) is 6.54 Å². The standard InChI is InChI=1S/C19H19N3O3/c1-13-9-16(18(24-3)11-20-13)19(23)22(2)12-15-10-17(21-25-15)14-7-5-4-6-8-14/h4-11H,12H2,1-3H3. The highest BCUT2D eigenvalue weighted by molar-refractivity contribution is 5.96. The first-order chi connectivity index (χ1) is 12.1. The number of pyridine rings is 1. The van der Waals surface area contributed by atoms with Crippen molar-refractivity contribution in [2.45, 2.75) is 13.5 Å². The van der Waals surface area contributed by atoms with Crippen molar-refractivity contribution in [2.75, 3.05) is 14.2 Å². The van der Waals surface area contributed by atoms with Crippen LogP contribution in [0, 0.1) is 6.92 Å². The average Bonchev–Trinajstić information content (AvgIpc) is 3.10. The van der Waals surface area contributed by atoms with Crippen molar-refractivity contribution >= 4 is 5.91 Å². The molecule has 0 radical (unpaired) electrons. The monoisotopic (exact) mass is 337 g/mol. The first-order valence-electron chi connectivity index (χ1n) is 7.85. The average molecular weight is 337 g/mol. The molecule has 1 amide bonds. The molecular weight excluding hydrogens is 318 g/mol. The fourth-order valence-corrected chi connectivity index (χ4v) is 2.52. The predicted molar refractivity (Wildman–Crippen MR) is 93.3 cm³/mol. The summed E-state index contributed by atoms with van der Waals surface area (Å²) in [6.45, 7) is 2.14. The predicted octanol–water partition coefficient (Wildman–Crippen LogP) is 3.33. The van der Waals surface area contributed by atoms with Crippen molar-refractivity contribution in [2.24, 2.45) is 0 Å². The second kappa shape index (κ2) is 7.17. The van der Waals surface area contributed by atoms with Crippen LogP contribution in [0.25, 0.3) is 11.3 Å². The summed E-state index contributed by atoms with van der Waals surface area (Å²) < 4.78 is 10.6. The first-order valence-corrected chi connectivity index (χ1v) is 7.85. The number of benzene rings is 1. The van der Waals surface area contributed by atoms with Gasteiger partial charge in [-0.1, -0.05) is 35.5 Å². The summed E-state index contributed by atoms with van der Waals surface area (Å²) in [5.41, 5.74) is 2.94. The Kier molecular flexibility index (Phi) is 4.79. The molecule has 25 heavy (non-hydrogen) atoms. The maximum Gasteiger partial charge on any atom is 0.257 e. The molecule has 0 aliphatic carbocycles. The van der Waals surface area contributed by atoms with E-state index in [-0.39, 0.29) is 5.91 Å². The summed E-state index contributed by atoms with van der Waals surface area (Å²) in [6.07, 6.45) is 1.55. The lowest BCUT2D eigenvalue weighted by molar-refractivity contribution is 0.0768. The second-order valence-corrected chi connectivity index (χ2v) is 5.73. The Morgan fingerprint density at radius 3 is 2.72 bits per heavy atom. The van der Waals surface area contributed by atoms with Gasteiger partial charge in [-0.05, 0) is 13.0 Å².